The number of benzene rings is 2. The van der Waals surface area contributed by atoms with Crippen LogP contribution in [-0.2, 0) is 11.3 Å². The number of rotatable bonds is 4. The molecule has 0 saturated heterocycles. The standard InChI is InChI=1S/C22H15F2N3O2/c23-17-9-16(10-18(24)11-17)20-4-5-22(29)27(26-20)13-14-2-1-3-15(8-14)21-12-19(28)6-7-25-21/h1-11H,12-13H2. The Balaban J connectivity index is 1.66. The van der Waals surface area contributed by atoms with Crippen LogP contribution in [0.4, 0.5) is 8.78 Å². The third-order valence-corrected chi connectivity index (χ3v) is 4.45. The molecule has 144 valence electrons. The van der Waals surface area contributed by atoms with Gasteiger partial charge >= 0.3 is 0 Å². The summed E-state index contributed by atoms with van der Waals surface area (Å²) in [7, 11) is 0. The molecule has 7 heteroatoms. The Kier molecular flexibility index (Phi) is 4.95. The summed E-state index contributed by atoms with van der Waals surface area (Å²) < 4.78 is 28.3. The minimum Gasteiger partial charge on any atom is -0.294 e. The number of ketones is 1. The second kappa shape index (κ2) is 7.71. The van der Waals surface area contributed by atoms with Gasteiger partial charge in [-0.25, -0.2) is 13.5 Å². The highest BCUT2D eigenvalue weighted by Gasteiger charge is 2.12. The third kappa shape index (κ3) is 4.24. The maximum absolute atomic E-state index is 13.5. The first-order valence-corrected chi connectivity index (χ1v) is 8.88. The Morgan fingerprint density at radius 3 is 2.48 bits per heavy atom. The predicted molar refractivity (Wildman–Crippen MR) is 105 cm³/mol. The molecule has 0 N–H and O–H groups in total. The highest BCUT2D eigenvalue weighted by molar-refractivity contribution is 6.15. The van der Waals surface area contributed by atoms with E-state index in [4.69, 9.17) is 0 Å². The molecule has 4 rings (SSSR count). The number of nitrogens with zero attached hydrogens (tertiary/aromatic N) is 3. The fourth-order valence-electron chi connectivity index (χ4n) is 3.10. The fraction of sp³-hybridized carbons (Fsp3) is 0.0909. The molecule has 5 nitrogen and oxygen atoms in total. The van der Waals surface area contributed by atoms with Crippen LogP contribution in [0.15, 0.2) is 76.7 Å². The molecule has 0 bridgehead atoms. The van der Waals surface area contributed by atoms with E-state index in [0.717, 1.165) is 29.3 Å². The van der Waals surface area contributed by atoms with E-state index in [0.29, 0.717) is 5.71 Å². The molecule has 1 aromatic heterocycles. The van der Waals surface area contributed by atoms with Crippen LogP contribution in [0.25, 0.3) is 11.3 Å². The first kappa shape index (κ1) is 18.6. The zero-order valence-corrected chi connectivity index (χ0v) is 15.2. The molecule has 0 unspecified atom stereocenters. The maximum atomic E-state index is 13.5. The van der Waals surface area contributed by atoms with E-state index in [1.165, 1.54) is 29.1 Å². The summed E-state index contributed by atoms with van der Waals surface area (Å²) in [5, 5.41) is 4.25. The quantitative estimate of drug-likeness (QED) is 0.684. The van der Waals surface area contributed by atoms with Gasteiger partial charge in [-0.15, -0.1) is 0 Å². The molecule has 0 spiro atoms. The highest BCUT2D eigenvalue weighted by Crippen LogP contribution is 2.19. The first-order valence-electron chi connectivity index (χ1n) is 8.88. The van der Waals surface area contributed by atoms with Crippen molar-refractivity contribution in [2.75, 3.05) is 0 Å². The van der Waals surface area contributed by atoms with Crippen molar-refractivity contribution in [2.24, 2.45) is 4.99 Å². The SMILES string of the molecule is O=C1C=CN=C(c2cccc(Cn3nc(-c4cc(F)cc(F)c4)ccc3=O)c2)C1. The van der Waals surface area contributed by atoms with Crippen molar-refractivity contribution in [1.82, 2.24) is 9.78 Å². The Morgan fingerprint density at radius 2 is 1.72 bits per heavy atom. The van der Waals surface area contributed by atoms with Crippen LogP contribution in [0, 0.1) is 11.6 Å². The number of allylic oxidation sites excluding steroid dienone is 1. The van der Waals surface area contributed by atoms with Gasteiger partial charge in [0.1, 0.15) is 11.6 Å². The average Bonchev–Trinajstić information content (AvgIpc) is 2.69. The molecule has 0 atom stereocenters. The molecule has 29 heavy (non-hydrogen) atoms. The van der Waals surface area contributed by atoms with Gasteiger partial charge in [0.05, 0.1) is 24.4 Å². The first-order chi connectivity index (χ1) is 14.0. The number of aliphatic imine (C=N–C) groups is 1. The van der Waals surface area contributed by atoms with E-state index in [1.54, 1.807) is 0 Å². The van der Waals surface area contributed by atoms with Crippen LogP contribution in [0.3, 0.4) is 0 Å². The summed E-state index contributed by atoms with van der Waals surface area (Å²) in [6.45, 7) is 0.162. The molecule has 1 aliphatic heterocycles. The van der Waals surface area contributed by atoms with E-state index in [9.17, 15) is 18.4 Å². The molecule has 0 radical (unpaired) electrons. The van der Waals surface area contributed by atoms with E-state index < -0.39 is 11.6 Å². The Hall–Kier alpha value is -3.74. The smallest absolute Gasteiger partial charge is 0.267 e. The minimum absolute atomic E-state index is 0.0201. The molecule has 0 aliphatic carbocycles. The lowest BCUT2D eigenvalue weighted by atomic mass is 10.0. The summed E-state index contributed by atoms with van der Waals surface area (Å²) in [6, 6.07) is 13.2. The summed E-state index contributed by atoms with van der Waals surface area (Å²) >= 11 is 0. The summed E-state index contributed by atoms with van der Waals surface area (Å²) in [5.74, 6) is -1.46. The van der Waals surface area contributed by atoms with Gasteiger partial charge in [0.2, 0.25) is 0 Å². The lowest BCUT2D eigenvalue weighted by Crippen LogP contribution is -2.23. The lowest BCUT2D eigenvalue weighted by Gasteiger charge is -2.11. The largest absolute Gasteiger partial charge is 0.294 e. The monoisotopic (exact) mass is 391 g/mol. The Morgan fingerprint density at radius 1 is 0.931 bits per heavy atom. The molecule has 3 aromatic rings. The van der Waals surface area contributed by atoms with Crippen molar-refractivity contribution >= 4 is 11.5 Å². The van der Waals surface area contributed by atoms with Crippen LogP contribution < -0.4 is 5.56 Å². The zero-order chi connectivity index (χ0) is 20.4. The molecular weight excluding hydrogens is 376 g/mol. The normalized spacial score (nSPS) is 13.4. The lowest BCUT2D eigenvalue weighted by molar-refractivity contribution is -0.113. The maximum Gasteiger partial charge on any atom is 0.267 e. The van der Waals surface area contributed by atoms with E-state index in [2.05, 4.69) is 10.1 Å². The number of hydrogen-bond donors (Lipinski definition) is 0. The van der Waals surface area contributed by atoms with Gasteiger partial charge in [0.25, 0.3) is 5.56 Å². The second-order valence-corrected chi connectivity index (χ2v) is 6.61. The third-order valence-electron chi connectivity index (χ3n) is 4.45. The number of hydrogen-bond acceptors (Lipinski definition) is 4. The van der Waals surface area contributed by atoms with Crippen molar-refractivity contribution in [3.8, 4) is 11.3 Å². The minimum atomic E-state index is -0.718. The molecule has 0 fully saturated rings. The predicted octanol–water partition coefficient (Wildman–Crippen LogP) is 3.51. The van der Waals surface area contributed by atoms with Gasteiger partial charge in [-0.3, -0.25) is 14.6 Å². The van der Waals surface area contributed by atoms with Crippen molar-refractivity contribution in [1.29, 1.82) is 0 Å². The van der Waals surface area contributed by atoms with Crippen molar-refractivity contribution < 1.29 is 13.6 Å². The second-order valence-electron chi connectivity index (χ2n) is 6.61. The molecule has 2 aromatic carbocycles. The van der Waals surface area contributed by atoms with Crippen LogP contribution >= 0.6 is 0 Å². The number of halogens is 2. The topological polar surface area (TPSA) is 64.3 Å². The Bertz CT molecular complexity index is 1210. The van der Waals surface area contributed by atoms with E-state index in [1.807, 2.05) is 24.3 Å². The van der Waals surface area contributed by atoms with Gasteiger partial charge in [0, 0.05) is 23.9 Å². The van der Waals surface area contributed by atoms with Crippen molar-refractivity contribution in [2.45, 2.75) is 13.0 Å². The van der Waals surface area contributed by atoms with Gasteiger partial charge in [-0.2, -0.15) is 5.10 Å². The molecule has 0 saturated carbocycles. The molecular formula is C22H15F2N3O2. The Labute approximate surface area is 164 Å². The molecule has 0 amide bonds. The average molecular weight is 391 g/mol. The van der Waals surface area contributed by atoms with Crippen LogP contribution in [0.5, 0.6) is 0 Å². The summed E-state index contributed by atoms with van der Waals surface area (Å²) in [5.41, 5.74) is 2.41. The fourth-order valence-corrected chi connectivity index (χ4v) is 3.10. The number of aromatic nitrogens is 2. The summed E-state index contributed by atoms with van der Waals surface area (Å²) in [6.07, 6.45) is 3.12. The van der Waals surface area contributed by atoms with Gasteiger partial charge in [0.15, 0.2) is 5.78 Å². The highest BCUT2D eigenvalue weighted by atomic mass is 19.1. The van der Waals surface area contributed by atoms with Gasteiger partial charge < -0.3 is 0 Å². The van der Waals surface area contributed by atoms with E-state index in [-0.39, 0.29) is 35.6 Å². The zero-order valence-electron chi connectivity index (χ0n) is 15.2. The van der Waals surface area contributed by atoms with Crippen LogP contribution in [0.1, 0.15) is 17.5 Å². The summed E-state index contributed by atoms with van der Waals surface area (Å²) in [4.78, 5) is 28.1. The van der Waals surface area contributed by atoms with Crippen LogP contribution in [-0.4, -0.2) is 21.3 Å². The van der Waals surface area contributed by atoms with Crippen molar-refractivity contribution in [3.63, 3.8) is 0 Å². The van der Waals surface area contributed by atoms with Gasteiger partial charge in [-0.05, 0) is 41.5 Å². The van der Waals surface area contributed by atoms with Gasteiger partial charge in [-0.1, -0.05) is 18.2 Å². The number of carbonyl (C=O) groups is 1. The van der Waals surface area contributed by atoms with E-state index >= 15 is 0 Å². The van der Waals surface area contributed by atoms with Crippen molar-refractivity contribution in [3.05, 3.63) is 100.0 Å². The molecule has 1 aliphatic rings. The molecule has 2 heterocycles. The van der Waals surface area contributed by atoms with Crippen LogP contribution in [0.2, 0.25) is 0 Å². The number of carbonyl (C=O) groups excluding carboxylic acids is 1.